The smallest absolute Gasteiger partial charge is 0.295 e. The van der Waals surface area contributed by atoms with E-state index in [9.17, 15) is 14.7 Å². The highest BCUT2D eigenvalue weighted by atomic mass is 35.5. The predicted octanol–water partition coefficient (Wildman–Crippen LogP) is 4.45. The fourth-order valence-corrected chi connectivity index (χ4v) is 3.72. The van der Waals surface area contributed by atoms with Gasteiger partial charge < -0.3 is 14.9 Å². The Morgan fingerprint density at radius 2 is 1.67 bits per heavy atom. The van der Waals surface area contributed by atoms with E-state index < -0.39 is 17.7 Å². The number of likely N-dealkylation sites (tertiary alicyclic amines) is 1. The van der Waals surface area contributed by atoms with Gasteiger partial charge in [-0.05, 0) is 55.4 Å². The maximum absolute atomic E-state index is 13.0. The summed E-state index contributed by atoms with van der Waals surface area (Å²) in [4.78, 5) is 29.3. The number of ketones is 1. The summed E-state index contributed by atoms with van der Waals surface area (Å²) in [5, 5.41) is 11.5. The van der Waals surface area contributed by atoms with Gasteiger partial charge in [-0.2, -0.15) is 0 Å². The number of rotatable bonds is 6. The first kappa shape index (κ1) is 22.1. The van der Waals surface area contributed by atoms with Crippen molar-refractivity contribution in [2.45, 2.75) is 25.8 Å². The maximum Gasteiger partial charge on any atom is 0.295 e. The van der Waals surface area contributed by atoms with E-state index in [-0.39, 0.29) is 11.3 Å². The van der Waals surface area contributed by atoms with Crippen LogP contribution in [0.3, 0.4) is 0 Å². The number of hydrogen-bond acceptors (Lipinski definition) is 4. The standard InChI is InChI=1S/C24H27ClN2O3/c1-15(2)16-5-7-17(8-6-16)21-20(22(28)18-9-11-19(25)12-10-18)23(29)24(30)27(21)14-13-26(3)4/h5-12,15,21,28H,13-14H2,1-4H3/b22-20+/t21-/m0/s1. The van der Waals surface area contributed by atoms with Gasteiger partial charge in [0.15, 0.2) is 0 Å². The van der Waals surface area contributed by atoms with E-state index in [1.54, 1.807) is 29.2 Å². The van der Waals surface area contributed by atoms with Crippen molar-refractivity contribution < 1.29 is 14.7 Å². The molecule has 1 atom stereocenters. The number of hydrogen-bond donors (Lipinski definition) is 1. The molecule has 158 valence electrons. The first-order valence-corrected chi connectivity index (χ1v) is 10.4. The molecule has 5 nitrogen and oxygen atoms in total. The van der Waals surface area contributed by atoms with Gasteiger partial charge >= 0.3 is 0 Å². The summed E-state index contributed by atoms with van der Waals surface area (Å²) in [5.74, 6) is -1.08. The Bertz CT molecular complexity index is 963. The third-order valence-corrected chi connectivity index (χ3v) is 5.62. The van der Waals surface area contributed by atoms with Crippen LogP contribution in [-0.2, 0) is 9.59 Å². The molecular weight excluding hydrogens is 400 g/mol. The molecule has 2 aromatic rings. The van der Waals surface area contributed by atoms with Crippen LogP contribution in [0.4, 0.5) is 0 Å². The molecule has 0 bridgehead atoms. The van der Waals surface area contributed by atoms with Gasteiger partial charge in [-0.1, -0.05) is 49.7 Å². The first-order valence-electron chi connectivity index (χ1n) is 9.99. The number of likely N-dealkylation sites (N-methyl/N-ethyl adjacent to an activating group) is 1. The van der Waals surface area contributed by atoms with E-state index in [1.165, 1.54) is 5.56 Å². The lowest BCUT2D eigenvalue weighted by Crippen LogP contribution is -2.35. The van der Waals surface area contributed by atoms with Crippen LogP contribution in [0.2, 0.25) is 5.02 Å². The summed E-state index contributed by atoms with van der Waals surface area (Å²) in [7, 11) is 3.83. The molecule has 1 heterocycles. The molecule has 3 rings (SSSR count). The Kier molecular flexibility index (Phi) is 6.64. The molecule has 0 spiro atoms. The number of carbonyl (C=O) groups is 2. The Balaban J connectivity index is 2.12. The first-order chi connectivity index (χ1) is 14.2. The molecule has 1 amide bonds. The quantitative estimate of drug-likeness (QED) is 0.421. The Hall–Kier alpha value is -2.63. The molecule has 1 aliphatic heterocycles. The topological polar surface area (TPSA) is 60.9 Å². The number of nitrogens with zero attached hydrogens (tertiary/aromatic N) is 2. The van der Waals surface area contributed by atoms with E-state index in [0.717, 1.165) is 5.56 Å². The maximum atomic E-state index is 13.0. The number of amides is 1. The molecule has 1 saturated heterocycles. The van der Waals surface area contributed by atoms with Crippen LogP contribution >= 0.6 is 11.6 Å². The predicted molar refractivity (Wildman–Crippen MR) is 120 cm³/mol. The lowest BCUT2D eigenvalue weighted by atomic mass is 9.93. The number of halogens is 1. The average Bonchev–Trinajstić information content (AvgIpc) is 2.97. The molecule has 0 radical (unpaired) electrons. The molecule has 0 saturated carbocycles. The second-order valence-corrected chi connectivity index (χ2v) is 8.56. The summed E-state index contributed by atoms with van der Waals surface area (Å²) in [6.45, 7) is 5.21. The number of carbonyl (C=O) groups excluding carboxylic acids is 2. The van der Waals surface area contributed by atoms with Gasteiger partial charge in [0.05, 0.1) is 11.6 Å². The molecule has 0 unspecified atom stereocenters. The Morgan fingerprint density at radius 3 is 2.20 bits per heavy atom. The zero-order valence-electron chi connectivity index (χ0n) is 17.7. The molecule has 0 aliphatic carbocycles. The Morgan fingerprint density at radius 1 is 1.07 bits per heavy atom. The fraction of sp³-hybridized carbons (Fsp3) is 0.333. The van der Waals surface area contributed by atoms with E-state index in [0.29, 0.717) is 29.6 Å². The second kappa shape index (κ2) is 9.02. The number of Topliss-reactive ketones (excluding diaryl/α,β-unsaturated/α-hetero) is 1. The minimum Gasteiger partial charge on any atom is -0.507 e. The van der Waals surface area contributed by atoms with Gasteiger partial charge in [-0.3, -0.25) is 9.59 Å². The van der Waals surface area contributed by atoms with Crippen molar-refractivity contribution in [3.63, 3.8) is 0 Å². The molecule has 1 aliphatic rings. The van der Waals surface area contributed by atoms with E-state index in [4.69, 9.17) is 11.6 Å². The third-order valence-electron chi connectivity index (χ3n) is 5.36. The number of aliphatic hydroxyl groups excluding tert-OH is 1. The minimum absolute atomic E-state index is 0.110. The van der Waals surface area contributed by atoms with Gasteiger partial charge in [-0.15, -0.1) is 0 Å². The van der Waals surface area contributed by atoms with Crippen molar-refractivity contribution >= 4 is 29.1 Å². The van der Waals surface area contributed by atoms with E-state index >= 15 is 0 Å². The van der Waals surface area contributed by atoms with Crippen molar-refractivity contribution in [3.05, 3.63) is 75.8 Å². The molecular formula is C24H27ClN2O3. The fourth-order valence-electron chi connectivity index (χ4n) is 3.59. The lowest BCUT2D eigenvalue weighted by Gasteiger charge is -2.27. The van der Waals surface area contributed by atoms with Crippen molar-refractivity contribution in [2.75, 3.05) is 27.2 Å². The summed E-state index contributed by atoms with van der Waals surface area (Å²) in [6, 6.07) is 13.8. The summed E-state index contributed by atoms with van der Waals surface area (Å²) < 4.78 is 0. The monoisotopic (exact) mass is 426 g/mol. The highest BCUT2D eigenvalue weighted by Gasteiger charge is 2.45. The highest BCUT2D eigenvalue weighted by molar-refractivity contribution is 6.46. The van der Waals surface area contributed by atoms with Gasteiger partial charge in [0.2, 0.25) is 0 Å². The number of aliphatic hydroxyl groups is 1. The minimum atomic E-state index is -0.667. The van der Waals surface area contributed by atoms with Crippen LogP contribution in [0, 0.1) is 0 Å². The van der Waals surface area contributed by atoms with Crippen molar-refractivity contribution in [1.82, 2.24) is 9.80 Å². The van der Waals surface area contributed by atoms with Crippen molar-refractivity contribution in [1.29, 1.82) is 0 Å². The third kappa shape index (κ3) is 4.42. The van der Waals surface area contributed by atoms with Crippen molar-refractivity contribution in [2.24, 2.45) is 0 Å². The van der Waals surface area contributed by atoms with Crippen LogP contribution in [-0.4, -0.2) is 53.8 Å². The molecule has 0 aromatic heterocycles. The van der Waals surface area contributed by atoms with Crippen LogP contribution in [0.25, 0.3) is 5.76 Å². The summed E-state index contributed by atoms with van der Waals surface area (Å²) in [6.07, 6.45) is 0. The molecule has 2 aromatic carbocycles. The number of benzene rings is 2. The van der Waals surface area contributed by atoms with Gasteiger partial charge in [-0.25, -0.2) is 0 Å². The van der Waals surface area contributed by atoms with Gasteiger partial charge in [0, 0.05) is 23.7 Å². The highest BCUT2D eigenvalue weighted by Crippen LogP contribution is 2.39. The zero-order chi connectivity index (χ0) is 22.0. The van der Waals surface area contributed by atoms with E-state index in [1.807, 2.05) is 43.3 Å². The summed E-state index contributed by atoms with van der Waals surface area (Å²) in [5.41, 5.74) is 2.53. The normalized spacial score (nSPS) is 18.6. The van der Waals surface area contributed by atoms with Crippen LogP contribution in [0.5, 0.6) is 0 Å². The largest absolute Gasteiger partial charge is 0.507 e. The molecule has 1 N–H and O–H groups in total. The van der Waals surface area contributed by atoms with E-state index in [2.05, 4.69) is 13.8 Å². The zero-order valence-corrected chi connectivity index (χ0v) is 18.5. The van der Waals surface area contributed by atoms with Gasteiger partial charge in [0.25, 0.3) is 11.7 Å². The van der Waals surface area contributed by atoms with Crippen molar-refractivity contribution in [3.8, 4) is 0 Å². The second-order valence-electron chi connectivity index (χ2n) is 8.12. The average molecular weight is 427 g/mol. The molecule has 1 fully saturated rings. The molecule has 6 heteroatoms. The Labute approximate surface area is 182 Å². The summed E-state index contributed by atoms with van der Waals surface area (Å²) >= 11 is 5.96. The van der Waals surface area contributed by atoms with Gasteiger partial charge in [0.1, 0.15) is 5.76 Å². The van der Waals surface area contributed by atoms with Crippen LogP contribution < -0.4 is 0 Å². The SMILES string of the molecule is CC(C)c1ccc([C@H]2/C(=C(\O)c3ccc(Cl)cc3)C(=O)C(=O)N2CCN(C)C)cc1. The van der Waals surface area contributed by atoms with Crippen LogP contribution in [0.1, 0.15) is 42.5 Å². The molecule has 30 heavy (non-hydrogen) atoms. The lowest BCUT2D eigenvalue weighted by molar-refractivity contribution is -0.140. The van der Waals surface area contributed by atoms with Crippen LogP contribution in [0.15, 0.2) is 54.1 Å².